The second kappa shape index (κ2) is 12.9. The van der Waals surface area contributed by atoms with Gasteiger partial charge in [-0.3, -0.25) is 9.36 Å². The normalized spacial score (nSPS) is 10.9. The van der Waals surface area contributed by atoms with Crippen molar-refractivity contribution in [3.8, 4) is 33.6 Å². The van der Waals surface area contributed by atoms with Crippen LogP contribution in [-0.2, 0) is 16.1 Å². The van der Waals surface area contributed by atoms with E-state index in [-0.39, 0.29) is 11.7 Å². The Morgan fingerprint density at radius 1 is 1.05 bits per heavy atom. The molecule has 3 aromatic heterocycles. The summed E-state index contributed by atoms with van der Waals surface area (Å²) >= 11 is 10.2. The fourth-order valence-corrected chi connectivity index (χ4v) is 7.07. The van der Waals surface area contributed by atoms with Crippen molar-refractivity contribution in [2.45, 2.75) is 18.6 Å². The van der Waals surface area contributed by atoms with E-state index in [1.54, 1.807) is 29.5 Å². The highest BCUT2D eigenvalue weighted by molar-refractivity contribution is 7.99. The molecule has 0 aliphatic heterocycles. The minimum atomic E-state index is -0.533. The van der Waals surface area contributed by atoms with E-state index in [1.807, 2.05) is 40.3 Å². The van der Waals surface area contributed by atoms with E-state index >= 15 is 0 Å². The van der Waals surface area contributed by atoms with Crippen molar-refractivity contribution in [1.29, 1.82) is 0 Å². The fraction of sp³-hybridized carbons (Fsp3) is 0.133. The number of esters is 1. The number of rotatable bonds is 10. The van der Waals surface area contributed by atoms with Crippen LogP contribution < -0.4 is 5.32 Å². The first-order valence-electron chi connectivity index (χ1n) is 12.5. The molecule has 0 saturated carbocycles. The van der Waals surface area contributed by atoms with Gasteiger partial charge in [0.15, 0.2) is 11.0 Å². The molecule has 2 aromatic carbocycles. The molecule has 0 atom stereocenters. The molecule has 7 nitrogen and oxygen atoms in total. The van der Waals surface area contributed by atoms with Crippen LogP contribution in [0.1, 0.15) is 15.2 Å². The minimum absolute atomic E-state index is 0.0677. The first kappa shape index (κ1) is 28.8. The predicted octanol–water partition coefficient (Wildman–Crippen LogP) is 8.07. The summed E-state index contributed by atoms with van der Waals surface area (Å²) in [4.78, 5) is 26.9. The molecule has 5 rings (SSSR count). The number of nitrogens with one attached hydrogen (secondary N) is 1. The number of amides is 1. The van der Waals surface area contributed by atoms with Crippen LogP contribution in [0.3, 0.4) is 0 Å². The van der Waals surface area contributed by atoms with E-state index in [4.69, 9.17) is 16.3 Å². The van der Waals surface area contributed by atoms with E-state index < -0.39 is 5.97 Å². The first-order chi connectivity index (χ1) is 19.9. The lowest BCUT2D eigenvalue weighted by atomic mass is 10.0. The Labute approximate surface area is 254 Å². The Balaban J connectivity index is 1.37. The topological polar surface area (TPSA) is 86.1 Å². The number of thiophene rings is 2. The highest BCUT2D eigenvalue weighted by Gasteiger charge is 2.24. The smallest absolute Gasteiger partial charge is 0.341 e. The number of methoxy groups -OCH3 is 1. The zero-order chi connectivity index (χ0) is 28.9. The molecule has 1 amide bonds. The van der Waals surface area contributed by atoms with Crippen molar-refractivity contribution >= 4 is 62.9 Å². The highest BCUT2D eigenvalue weighted by atomic mass is 35.5. The van der Waals surface area contributed by atoms with Gasteiger partial charge in [-0.05, 0) is 30.2 Å². The zero-order valence-electron chi connectivity index (χ0n) is 22.2. The Kier molecular flexibility index (Phi) is 9.04. The summed E-state index contributed by atoms with van der Waals surface area (Å²) < 4.78 is 6.98. The van der Waals surface area contributed by atoms with Crippen molar-refractivity contribution in [3.05, 3.63) is 93.5 Å². The Morgan fingerprint density at radius 2 is 1.78 bits per heavy atom. The van der Waals surface area contributed by atoms with Crippen LogP contribution >= 0.6 is 46.0 Å². The van der Waals surface area contributed by atoms with Crippen LogP contribution in [0.25, 0.3) is 33.6 Å². The molecule has 0 saturated heterocycles. The summed E-state index contributed by atoms with van der Waals surface area (Å²) in [5, 5.41) is 17.3. The third-order valence-corrected chi connectivity index (χ3v) is 9.25. The Bertz CT molecular complexity index is 1710. The standard InChI is InChI=1S/C30H25ClN4O3S3/c1-4-14-35-27(23-16-39-18(2)25(23)20-8-6-5-7-9-20)33-34-30(35)41-17-24(36)32-28-26(29(37)38-3)22(15-40-28)19-10-12-21(31)13-11-19/h4-13,15-16H,1,14,17H2,2-3H3,(H,32,36). The third-order valence-electron chi connectivity index (χ3n) is 6.23. The number of benzene rings is 2. The van der Waals surface area contributed by atoms with Crippen molar-refractivity contribution in [2.75, 3.05) is 18.2 Å². The molecule has 5 aromatic rings. The van der Waals surface area contributed by atoms with Gasteiger partial charge < -0.3 is 10.1 Å². The second-order valence-electron chi connectivity index (χ2n) is 8.84. The molecule has 0 radical (unpaired) electrons. The molecule has 11 heteroatoms. The van der Waals surface area contributed by atoms with Crippen LogP contribution in [0.4, 0.5) is 5.00 Å². The minimum Gasteiger partial charge on any atom is -0.465 e. The summed E-state index contributed by atoms with van der Waals surface area (Å²) in [6.45, 7) is 6.48. The summed E-state index contributed by atoms with van der Waals surface area (Å²) in [5.41, 5.74) is 4.98. The van der Waals surface area contributed by atoms with Gasteiger partial charge in [0.1, 0.15) is 10.6 Å². The van der Waals surface area contributed by atoms with Crippen LogP contribution in [0.15, 0.2) is 83.2 Å². The Hall–Kier alpha value is -3.70. The van der Waals surface area contributed by atoms with Gasteiger partial charge in [0.05, 0.1) is 12.9 Å². The van der Waals surface area contributed by atoms with E-state index in [2.05, 4.69) is 46.5 Å². The maximum atomic E-state index is 13.1. The zero-order valence-corrected chi connectivity index (χ0v) is 25.4. The average Bonchev–Trinajstić information content (AvgIpc) is 3.69. The number of allylic oxidation sites excluding steroid dienone is 1. The first-order valence-corrected chi connectivity index (χ1v) is 15.6. The fourth-order valence-electron chi connectivity index (χ4n) is 4.36. The molecule has 0 unspecified atom stereocenters. The lowest BCUT2D eigenvalue weighted by Crippen LogP contribution is -2.16. The lowest BCUT2D eigenvalue weighted by molar-refractivity contribution is -0.113. The average molecular weight is 621 g/mol. The van der Waals surface area contributed by atoms with Gasteiger partial charge >= 0.3 is 5.97 Å². The van der Waals surface area contributed by atoms with Gasteiger partial charge in [-0.2, -0.15) is 0 Å². The number of aryl methyl sites for hydroxylation is 1. The quantitative estimate of drug-likeness (QED) is 0.0965. The van der Waals surface area contributed by atoms with E-state index in [9.17, 15) is 9.59 Å². The highest BCUT2D eigenvalue weighted by Crippen LogP contribution is 2.40. The number of halogens is 1. The monoisotopic (exact) mass is 620 g/mol. The van der Waals surface area contributed by atoms with Gasteiger partial charge in [-0.15, -0.1) is 39.4 Å². The summed E-state index contributed by atoms with van der Waals surface area (Å²) in [5.74, 6) is -0.0292. The van der Waals surface area contributed by atoms with Crippen molar-refractivity contribution in [3.63, 3.8) is 0 Å². The van der Waals surface area contributed by atoms with E-state index in [0.29, 0.717) is 32.9 Å². The number of hydrogen-bond donors (Lipinski definition) is 1. The van der Waals surface area contributed by atoms with Crippen molar-refractivity contribution in [1.82, 2.24) is 14.8 Å². The SMILES string of the molecule is C=CCn1c(SCC(=O)Nc2scc(-c3ccc(Cl)cc3)c2C(=O)OC)nnc1-c1csc(C)c1-c1ccccc1. The number of aromatic nitrogens is 3. The van der Waals surface area contributed by atoms with E-state index in [1.165, 1.54) is 35.1 Å². The molecule has 0 aliphatic carbocycles. The molecular weight excluding hydrogens is 596 g/mol. The van der Waals surface area contributed by atoms with Gasteiger partial charge in [-0.25, -0.2) is 4.79 Å². The number of carbonyl (C=O) groups excluding carboxylic acids is 2. The number of ether oxygens (including phenoxy) is 1. The van der Waals surface area contributed by atoms with Crippen LogP contribution in [0.5, 0.6) is 0 Å². The molecule has 1 N–H and O–H groups in total. The number of anilines is 1. The number of thioether (sulfide) groups is 1. The summed E-state index contributed by atoms with van der Waals surface area (Å²) in [7, 11) is 1.31. The predicted molar refractivity (Wildman–Crippen MR) is 169 cm³/mol. The Morgan fingerprint density at radius 3 is 2.49 bits per heavy atom. The molecule has 0 bridgehead atoms. The van der Waals surface area contributed by atoms with Crippen molar-refractivity contribution < 1.29 is 14.3 Å². The van der Waals surface area contributed by atoms with Crippen molar-refractivity contribution in [2.24, 2.45) is 0 Å². The van der Waals surface area contributed by atoms with Gasteiger partial charge in [-0.1, -0.05) is 71.9 Å². The molecule has 0 fully saturated rings. The summed E-state index contributed by atoms with van der Waals surface area (Å²) in [6, 6.07) is 17.3. The second-order valence-corrected chi connectivity index (χ2v) is 12.2. The van der Waals surface area contributed by atoms with Gasteiger partial charge in [0, 0.05) is 43.9 Å². The van der Waals surface area contributed by atoms with Crippen LogP contribution in [-0.4, -0.2) is 39.5 Å². The third kappa shape index (κ3) is 6.15. The molecular formula is C30H25ClN4O3S3. The molecule has 0 spiro atoms. The van der Waals surface area contributed by atoms with Crippen LogP contribution in [0, 0.1) is 6.92 Å². The number of hydrogen-bond acceptors (Lipinski definition) is 8. The van der Waals surface area contributed by atoms with Gasteiger partial charge in [0.25, 0.3) is 0 Å². The molecule has 0 aliphatic rings. The molecule has 208 valence electrons. The summed E-state index contributed by atoms with van der Waals surface area (Å²) in [6.07, 6.45) is 1.78. The lowest BCUT2D eigenvalue weighted by Gasteiger charge is -2.10. The number of carbonyl (C=O) groups is 2. The van der Waals surface area contributed by atoms with Crippen LogP contribution in [0.2, 0.25) is 5.02 Å². The molecule has 41 heavy (non-hydrogen) atoms. The number of nitrogens with zero attached hydrogens (tertiary/aromatic N) is 3. The maximum absolute atomic E-state index is 13.1. The van der Waals surface area contributed by atoms with E-state index in [0.717, 1.165) is 28.1 Å². The maximum Gasteiger partial charge on any atom is 0.341 e. The molecule has 3 heterocycles. The largest absolute Gasteiger partial charge is 0.465 e. The van der Waals surface area contributed by atoms with Gasteiger partial charge in [0.2, 0.25) is 5.91 Å².